The fourth-order valence-corrected chi connectivity index (χ4v) is 3.09. The number of carbonyl (C=O) groups is 3. The monoisotopic (exact) mass is 294 g/mol. The standard InChI is InChI=1S/C13H11ClN2O4/c14-7-1-2-9-8(5-7)13(3-4-15-11(13)19)12(20)16(9)6-10(17)18/h1-2,5H,3-4,6H2,(H,15,19)(H,17,18). The van der Waals surface area contributed by atoms with Crippen molar-refractivity contribution in [2.75, 3.05) is 18.0 Å². The molecule has 7 heteroatoms. The van der Waals surface area contributed by atoms with Gasteiger partial charge in [-0.15, -0.1) is 0 Å². The van der Waals surface area contributed by atoms with Gasteiger partial charge in [0.1, 0.15) is 6.54 Å². The third-order valence-electron chi connectivity index (χ3n) is 3.79. The van der Waals surface area contributed by atoms with Gasteiger partial charge in [-0.05, 0) is 24.6 Å². The number of hydrogen-bond acceptors (Lipinski definition) is 3. The van der Waals surface area contributed by atoms with E-state index < -0.39 is 23.8 Å². The summed E-state index contributed by atoms with van der Waals surface area (Å²) < 4.78 is 0. The summed E-state index contributed by atoms with van der Waals surface area (Å²) >= 11 is 5.96. The Morgan fingerprint density at radius 2 is 2.20 bits per heavy atom. The molecule has 0 aromatic heterocycles. The quantitative estimate of drug-likeness (QED) is 0.779. The summed E-state index contributed by atoms with van der Waals surface area (Å²) in [6.07, 6.45) is 0.314. The molecule has 0 radical (unpaired) electrons. The third kappa shape index (κ3) is 1.54. The number of hydrogen-bond donors (Lipinski definition) is 2. The van der Waals surface area contributed by atoms with Crippen LogP contribution in [0, 0.1) is 0 Å². The highest BCUT2D eigenvalue weighted by molar-refractivity contribution is 6.31. The van der Waals surface area contributed by atoms with Crippen LogP contribution in [-0.4, -0.2) is 36.0 Å². The first-order chi connectivity index (χ1) is 9.46. The molecule has 2 aliphatic rings. The van der Waals surface area contributed by atoms with Gasteiger partial charge >= 0.3 is 5.97 Å². The van der Waals surface area contributed by atoms with Gasteiger partial charge in [-0.3, -0.25) is 19.3 Å². The highest BCUT2D eigenvalue weighted by Gasteiger charge is 2.58. The van der Waals surface area contributed by atoms with Crippen LogP contribution in [0.5, 0.6) is 0 Å². The Morgan fingerprint density at radius 1 is 1.45 bits per heavy atom. The summed E-state index contributed by atoms with van der Waals surface area (Å²) in [5.41, 5.74) is -0.388. The SMILES string of the molecule is O=C(O)CN1C(=O)C2(CCNC2=O)c2cc(Cl)ccc21. The Kier molecular flexibility index (Phi) is 2.72. The Labute approximate surface area is 119 Å². The molecule has 1 aromatic carbocycles. The molecule has 1 spiro atoms. The number of carbonyl (C=O) groups excluding carboxylic acids is 2. The van der Waals surface area contributed by atoms with Crippen LogP contribution in [0.2, 0.25) is 5.02 Å². The van der Waals surface area contributed by atoms with Crippen LogP contribution in [0.1, 0.15) is 12.0 Å². The molecule has 2 aliphatic heterocycles. The third-order valence-corrected chi connectivity index (χ3v) is 4.02. The van der Waals surface area contributed by atoms with Crippen LogP contribution in [0.3, 0.4) is 0 Å². The number of amides is 2. The van der Waals surface area contributed by atoms with Crippen LogP contribution in [0.15, 0.2) is 18.2 Å². The van der Waals surface area contributed by atoms with E-state index in [1.165, 1.54) is 0 Å². The van der Waals surface area contributed by atoms with E-state index in [0.29, 0.717) is 29.2 Å². The molecule has 0 bridgehead atoms. The molecule has 2 N–H and O–H groups in total. The van der Waals surface area contributed by atoms with E-state index in [0.717, 1.165) is 4.90 Å². The van der Waals surface area contributed by atoms with Crippen molar-refractivity contribution >= 4 is 35.1 Å². The fraction of sp³-hybridized carbons (Fsp3) is 0.308. The fourth-order valence-electron chi connectivity index (χ4n) is 2.92. The van der Waals surface area contributed by atoms with Gasteiger partial charge in [0.2, 0.25) is 11.8 Å². The normalized spacial score (nSPS) is 24.1. The van der Waals surface area contributed by atoms with Gasteiger partial charge in [-0.25, -0.2) is 0 Å². The highest BCUT2D eigenvalue weighted by atomic mass is 35.5. The first-order valence-electron chi connectivity index (χ1n) is 6.09. The minimum absolute atomic E-state index is 0.314. The predicted molar refractivity (Wildman–Crippen MR) is 70.7 cm³/mol. The summed E-state index contributed by atoms with van der Waals surface area (Å²) in [5, 5.41) is 12.0. The summed E-state index contributed by atoms with van der Waals surface area (Å²) in [4.78, 5) is 36.8. The van der Waals surface area contributed by atoms with Crippen LogP contribution in [0.25, 0.3) is 0 Å². The van der Waals surface area contributed by atoms with Crippen LogP contribution < -0.4 is 10.2 Å². The second-order valence-corrected chi connectivity index (χ2v) is 5.29. The number of benzene rings is 1. The van der Waals surface area contributed by atoms with Gasteiger partial charge in [0.05, 0.1) is 0 Å². The van der Waals surface area contributed by atoms with E-state index in [2.05, 4.69) is 5.32 Å². The maximum absolute atomic E-state index is 12.6. The molecule has 2 amide bonds. The van der Waals surface area contributed by atoms with Gasteiger partial charge in [0, 0.05) is 22.8 Å². The number of nitrogens with zero attached hydrogens (tertiary/aromatic N) is 1. The molecule has 1 fully saturated rings. The molecule has 1 unspecified atom stereocenters. The molecule has 0 aliphatic carbocycles. The molecule has 1 aromatic rings. The molecular weight excluding hydrogens is 284 g/mol. The Balaban J connectivity index is 2.20. The predicted octanol–water partition coefficient (Wildman–Crippen LogP) is 0.529. The van der Waals surface area contributed by atoms with Crippen LogP contribution in [-0.2, 0) is 19.8 Å². The molecular formula is C13H11ClN2O4. The molecule has 6 nitrogen and oxygen atoms in total. The topological polar surface area (TPSA) is 86.7 Å². The van der Waals surface area contributed by atoms with E-state index >= 15 is 0 Å². The lowest BCUT2D eigenvalue weighted by Crippen LogP contribution is -2.46. The summed E-state index contributed by atoms with van der Waals surface area (Å²) in [5.74, 6) is -2.01. The molecule has 2 heterocycles. The van der Waals surface area contributed by atoms with E-state index in [4.69, 9.17) is 16.7 Å². The van der Waals surface area contributed by atoms with Crippen molar-refractivity contribution in [3.05, 3.63) is 28.8 Å². The van der Waals surface area contributed by atoms with E-state index in [9.17, 15) is 14.4 Å². The van der Waals surface area contributed by atoms with E-state index in [1.807, 2.05) is 0 Å². The average Bonchev–Trinajstić information content (AvgIpc) is 2.86. The lowest BCUT2D eigenvalue weighted by Gasteiger charge is -2.19. The van der Waals surface area contributed by atoms with Crippen LogP contribution >= 0.6 is 11.6 Å². The number of halogens is 1. The largest absolute Gasteiger partial charge is 0.480 e. The zero-order valence-electron chi connectivity index (χ0n) is 10.4. The molecule has 20 heavy (non-hydrogen) atoms. The minimum atomic E-state index is -1.32. The lowest BCUT2D eigenvalue weighted by atomic mass is 9.80. The Bertz CT molecular complexity index is 645. The van der Waals surface area contributed by atoms with E-state index in [1.54, 1.807) is 18.2 Å². The highest BCUT2D eigenvalue weighted by Crippen LogP contribution is 2.46. The van der Waals surface area contributed by atoms with Gasteiger partial charge < -0.3 is 10.4 Å². The molecule has 1 atom stereocenters. The van der Waals surface area contributed by atoms with Gasteiger partial charge in [0.15, 0.2) is 5.41 Å². The van der Waals surface area contributed by atoms with Crippen molar-refractivity contribution in [3.63, 3.8) is 0 Å². The van der Waals surface area contributed by atoms with Crippen molar-refractivity contribution in [1.82, 2.24) is 5.32 Å². The minimum Gasteiger partial charge on any atom is -0.480 e. The van der Waals surface area contributed by atoms with Gasteiger partial charge in [0.25, 0.3) is 0 Å². The van der Waals surface area contributed by atoms with Crippen molar-refractivity contribution in [3.8, 4) is 0 Å². The van der Waals surface area contributed by atoms with Gasteiger partial charge in [-0.1, -0.05) is 11.6 Å². The van der Waals surface area contributed by atoms with Gasteiger partial charge in [-0.2, -0.15) is 0 Å². The second kappa shape index (κ2) is 4.21. The second-order valence-electron chi connectivity index (χ2n) is 4.86. The Hall–Kier alpha value is -2.08. The van der Waals surface area contributed by atoms with Crippen LogP contribution in [0.4, 0.5) is 5.69 Å². The number of rotatable bonds is 2. The Morgan fingerprint density at radius 3 is 2.80 bits per heavy atom. The number of anilines is 1. The number of aliphatic carboxylic acids is 1. The van der Waals surface area contributed by atoms with Crippen molar-refractivity contribution in [2.45, 2.75) is 11.8 Å². The lowest BCUT2D eigenvalue weighted by molar-refractivity contribution is -0.138. The zero-order chi connectivity index (χ0) is 14.5. The van der Waals surface area contributed by atoms with Crippen molar-refractivity contribution in [2.24, 2.45) is 0 Å². The first kappa shape index (κ1) is 12.9. The molecule has 104 valence electrons. The first-order valence-corrected chi connectivity index (χ1v) is 6.47. The summed E-state index contributed by atoms with van der Waals surface area (Å²) in [6, 6.07) is 4.73. The number of fused-ring (bicyclic) bond motifs is 2. The maximum Gasteiger partial charge on any atom is 0.323 e. The molecule has 0 saturated carbocycles. The number of carboxylic acid groups (broad SMARTS) is 1. The maximum atomic E-state index is 12.6. The van der Waals surface area contributed by atoms with Crippen molar-refractivity contribution < 1.29 is 19.5 Å². The summed E-state index contributed by atoms with van der Waals surface area (Å²) in [7, 11) is 0. The zero-order valence-corrected chi connectivity index (χ0v) is 11.1. The average molecular weight is 295 g/mol. The number of carboxylic acids is 1. The number of nitrogens with one attached hydrogen (secondary N) is 1. The molecule has 3 rings (SSSR count). The summed E-state index contributed by atoms with van der Waals surface area (Å²) in [6.45, 7) is -0.0834. The smallest absolute Gasteiger partial charge is 0.323 e. The van der Waals surface area contributed by atoms with E-state index in [-0.39, 0.29) is 5.91 Å². The molecule has 1 saturated heterocycles. The van der Waals surface area contributed by atoms with Crippen molar-refractivity contribution in [1.29, 1.82) is 0 Å².